The van der Waals surface area contributed by atoms with Gasteiger partial charge >= 0.3 is 0 Å². The lowest BCUT2D eigenvalue weighted by atomic mass is 9.99. The highest BCUT2D eigenvalue weighted by molar-refractivity contribution is 6.46. The minimum Gasteiger partial charge on any atom is -0.492 e. The number of amides is 2. The van der Waals surface area contributed by atoms with Crippen molar-refractivity contribution in [2.24, 2.45) is 0 Å². The number of aryl methyl sites for hydroxylation is 3. The normalized spacial score (nSPS) is 13.7. The van der Waals surface area contributed by atoms with Crippen LogP contribution in [-0.2, 0) is 9.59 Å². The highest BCUT2D eigenvalue weighted by Gasteiger charge is 2.41. The van der Waals surface area contributed by atoms with Crippen molar-refractivity contribution >= 4 is 28.8 Å². The Hall–Kier alpha value is -3.86. The van der Waals surface area contributed by atoms with Crippen LogP contribution in [0, 0.1) is 27.7 Å². The molecule has 0 aromatic heterocycles. The fraction of sp³-hybridized carbons (Fsp3) is 0.214. The molecular formula is C28H28N2O3. The molecule has 0 saturated heterocycles. The number of benzene rings is 3. The van der Waals surface area contributed by atoms with Crippen molar-refractivity contribution in [1.82, 2.24) is 0 Å². The molecular weight excluding hydrogens is 412 g/mol. The molecule has 3 aromatic rings. The lowest BCUT2D eigenvalue weighted by Crippen LogP contribution is -2.33. The fourth-order valence-corrected chi connectivity index (χ4v) is 3.99. The number of imide groups is 1. The van der Waals surface area contributed by atoms with Gasteiger partial charge < -0.3 is 10.1 Å². The zero-order valence-electron chi connectivity index (χ0n) is 19.7. The lowest BCUT2D eigenvalue weighted by Gasteiger charge is -2.19. The Morgan fingerprint density at radius 1 is 0.818 bits per heavy atom. The molecule has 0 atom stereocenters. The van der Waals surface area contributed by atoms with E-state index in [9.17, 15) is 9.59 Å². The van der Waals surface area contributed by atoms with Gasteiger partial charge in [0, 0.05) is 0 Å². The van der Waals surface area contributed by atoms with Crippen molar-refractivity contribution in [3.8, 4) is 5.75 Å². The van der Waals surface area contributed by atoms with E-state index in [1.807, 2.05) is 95.3 Å². The van der Waals surface area contributed by atoms with Gasteiger partial charge in [0.15, 0.2) is 0 Å². The summed E-state index contributed by atoms with van der Waals surface area (Å²) in [6.07, 6.45) is 0. The molecule has 1 heterocycles. The second kappa shape index (κ2) is 8.94. The predicted molar refractivity (Wildman–Crippen MR) is 132 cm³/mol. The van der Waals surface area contributed by atoms with E-state index in [1.54, 1.807) is 0 Å². The molecule has 0 aliphatic carbocycles. The van der Waals surface area contributed by atoms with Crippen molar-refractivity contribution in [2.75, 3.05) is 16.8 Å². The summed E-state index contributed by atoms with van der Waals surface area (Å²) in [6.45, 7) is 10.3. The quantitative estimate of drug-likeness (QED) is 0.499. The van der Waals surface area contributed by atoms with Gasteiger partial charge in [0.25, 0.3) is 11.8 Å². The minimum atomic E-state index is -0.381. The molecule has 33 heavy (non-hydrogen) atoms. The molecule has 5 nitrogen and oxygen atoms in total. The number of ether oxygens (including phenoxy) is 1. The number of nitrogens with zero attached hydrogens (tertiary/aromatic N) is 1. The van der Waals surface area contributed by atoms with Crippen LogP contribution in [0.4, 0.5) is 11.4 Å². The predicted octanol–water partition coefficient (Wildman–Crippen LogP) is 5.72. The summed E-state index contributed by atoms with van der Waals surface area (Å²) < 4.78 is 5.74. The second-order valence-corrected chi connectivity index (χ2v) is 8.27. The Balaban J connectivity index is 1.88. The van der Waals surface area contributed by atoms with Crippen LogP contribution in [0.2, 0.25) is 0 Å². The number of rotatable bonds is 6. The maximum atomic E-state index is 13.8. The summed E-state index contributed by atoms with van der Waals surface area (Å²) >= 11 is 0. The maximum Gasteiger partial charge on any atom is 0.282 e. The molecule has 1 aliphatic heterocycles. The molecule has 0 saturated carbocycles. The molecule has 0 bridgehead atoms. The van der Waals surface area contributed by atoms with E-state index in [-0.39, 0.29) is 17.5 Å². The molecule has 0 fully saturated rings. The van der Waals surface area contributed by atoms with Crippen LogP contribution in [0.1, 0.15) is 34.7 Å². The lowest BCUT2D eigenvalue weighted by molar-refractivity contribution is -0.120. The van der Waals surface area contributed by atoms with Crippen molar-refractivity contribution in [3.05, 3.63) is 94.2 Å². The summed E-state index contributed by atoms with van der Waals surface area (Å²) in [7, 11) is 0. The molecule has 5 heteroatoms. The van der Waals surface area contributed by atoms with Gasteiger partial charge in [-0.15, -0.1) is 0 Å². The van der Waals surface area contributed by atoms with Crippen LogP contribution in [0.5, 0.6) is 5.75 Å². The molecule has 3 aromatic carbocycles. The van der Waals surface area contributed by atoms with Crippen molar-refractivity contribution in [3.63, 3.8) is 0 Å². The van der Waals surface area contributed by atoms with E-state index in [0.717, 1.165) is 22.3 Å². The zero-order chi connectivity index (χ0) is 23.7. The summed E-state index contributed by atoms with van der Waals surface area (Å²) in [5.41, 5.74) is 6.64. The third-order valence-corrected chi connectivity index (χ3v) is 6.14. The second-order valence-electron chi connectivity index (χ2n) is 8.27. The van der Waals surface area contributed by atoms with Crippen molar-refractivity contribution in [1.29, 1.82) is 0 Å². The molecule has 0 spiro atoms. The van der Waals surface area contributed by atoms with Crippen LogP contribution in [0.3, 0.4) is 0 Å². The number of carbonyl (C=O) groups excluding carboxylic acids is 2. The van der Waals surface area contributed by atoms with E-state index >= 15 is 0 Å². The average Bonchev–Trinajstić information content (AvgIpc) is 3.03. The standard InChI is InChI=1S/C28H28N2O3/c1-6-33-24-13-8-7-11-22(24)29-26-25(21-15-14-17(2)19(4)16-21)27(31)30(28(26)32)23-12-9-10-18(3)20(23)5/h7-16,29H,6H2,1-5H3. The van der Waals surface area contributed by atoms with Gasteiger partial charge in [-0.25, -0.2) is 4.90 Å². The van der Waals surface area contributed by atoms with Crippen LogP contribution < -0.4 is 15.0 Å². The van der Waals surface area contributed by atoms with Crippen LogP contribution in [0.25, 0.3) is 5.57 Å². The third-order valence-electron chi connectivity index (χ3n) is 6.14. The Bertz CT molecular complexity index is 1290. The minimum absolute atomic E-state index is 0.247. The van der Waals surface area contributed by atoms with Crippen molar-refractivity contribution < 1.29 is 14.3 Å². The molecule has 168 valence electrons. The van der Waals surface area contributed by atoms with Gasteiger partial charge in [-0.05, 0) is 80.6 Å². The number of hydrogen-bond acceptors (Lipinski definition) is 4. The Morgan fingerprint density at radius 2 is 1.58 bits per heavy atom. The monoisotopic (exact) mass is 440 g/mol. The Labute approximate surface area is 194 Å². The zero-order valence-corrected chi connectivity index (χ0v) is 19.7. The first kappa shape index (κ1) is 22.3. The number of carbonyl (C=O) groups is 2. The van der Waals surface area contributed by atoms with E-state index < -0.39 is 0 Å². The first-order valence-electron chi connectivity index (χ1n) is 11.1. The maximum absolute atomic E-state index is 13.8. The third kappa shape index (κ3) is 4.02. The summed E-state index contributed by atoms with van der Waals surface area (Å²) in [5.74, 6) is -0.0982. The molecule has 2 amide bonds. The highest BCUT2D eigenvalue weighted by atomic mass is 16.5. The number of hydrogen-bond donors (Lipinski definition) is 1. The van der Waals surface area contributed by atoms with E-state index in [2.05, 4.69) is 5.32 Å². The first-order chi connectivity index (χ1) is 15.8. The molecule has 1 N–H and O–H groups in total. The van der Waals surface area contributed by atoms with E-state index in [0.29, 0.717) is 34.9 Å². The van der Waals surface area contributed by atoms with E-state index in [1.165, 1.54) is 4.90 Å². The number of nitrogens with one attached hydrogen (secondary N) is 1. The summed E-state index contributed by atoms with van der Waals surface area (Å²) in [4.78, 5) is 28.8. The van der Waals surface area contributed by atoms with Gasteiger partial charge in [-0.1, -0.05) is 42.5 Å². The van der Waals surface area contributed by atoms with E-state index in [4.69, 9.17) is 4.74 Å². The fourth-order valence-electron chi connectivity index (χ4n) is 3.99. The van der Waals surface area contributed by atoms with Gasteiger partial charge in [0.2, 0.25) is 0 Å². The molecule has 0 unspecified atom stereocenters. The number of anilines is 2. The first-order valence-corrected chi connectivity index (χ1v) is 11.1. The van der Waals surface area contributed by atoms with Crippen LogP contribution in [0.15, 0.2) is 66.4 Å². The van der Waals surface area contributed by atoms with Crippen molar-refractivity contribution in [2.45, 2.75) is 34.6 Å². The highest BCUT2D eigenvalue weighted by Crippen LogP contribution is 2.37. The Morgan fingerprint density at radius 3 is 2.30 bits per heavy atom. The van der Waals surface area contributed by atoms with Gasteiger partial charge in [0.05, 0.1) is 23.6 Å². The summed E-state index contributed by atoms with van der Waals surface area (Å²) in [5, 5.41) is 3.23. The average molecular weight is 441 g/mol. The van der Waals surface area contributed by atoms with Crippen LogP contribution >= 0.6 is 0 Å². The number of para-hydroxylation sites is 2. The SMILES string of the molecule is CCOc1ccccc1NC1=C(c2ccc(C)c(C)c2)C(=O)N(c2cccc(C)c2C)C1=O. The van der Waals surface area contributed by atoms with Crippen LogP contribution in [-0.4, -0.2) is 18.4 Å². The largest absolute Gasteiger partial charge is 0.492 e. The van der Waals surface area contributed by atoms with Gasteiger partial charge in [0.1, 0.15) is 11.4 Å². The van der Waals surface area contributed by atoms with Gasteiger partial charge in [-0.3, -0.25) is 9.59 Å². The molecule has 4 rings (SSSR count). The molecule has 0 radical (unpaired) electrons. The Kier molecular flexibility index (Phi) is 6.05. The summed E-state index contributed by atoms with van der Waals surface area (Å²) in [6, 6.07) is 18.9. The molecule has 1 aliphatic rings. The van der Waals surface area contributed by atoms with Gasteiger partial charge in [-0.2, -0.15) is 0 Å². The smallest absolute Gasteiger partial charge is 0.282 e. The topological polar surface area (TPSA) is 58.6 Å².